The Morgan fingerprint density at radius 3 is 2.50 bits per heavy atom. The summed E-state index contributed by atoms with van der Waals surface area (Å²) in [5.41, 5.74) is 0.974. The van der Waals surface area contributed by atoms with Gasteiger partial charge in [0.2, 0.25) is 0 Å². The predicted octanol–water partition coefficient (Wildman–Crippen LogP) is 3.99. The van der Waals surface area contributed by atoms with E-state index < -0.39 is 17.7 Å². The molecule has 2 aromatic carbocycles. The van der Waals surface area contributed by atoms with Crippen molar-refractivity contribution in [2.45, 2.75) is 6.04 Å². The quantitative estimate of drug-likeness (QED) is 0.411. The van der Waals surface area contributed by atoms with E-state index >= 15 is 0 Å². The van der Waals surface area contributed by atoms with Crippen LogP contribution in [0.25, 0.3) is 5.76 Å². The van der Waals surface area contributed by atoms with Crippen molar-refractivity contribution in [1.29, 1.82) is 0 Å². The van der Waals surface area contributed by atoms with Gasteiger partial charge in [0.05, 0.1) is 28.8 Å². The highest BCUT2D eigenvalue weighted by atomic mass is 35.5. The summed E-state index contributed by atoms with van der Waals surface area (Å²) >= 11 is 12.3. The second-order valence-corrected chi connectivity index (χ2v) is 8.02. The van der Waals surface area contributed by atoms with Crippen LogP contribution in [-0.2, 0) is 9.59 Å². The maximum Gasteiger partial charge on any atom is 0.295 e. The Hall–Kier alpha value is -2.54. The average Bonchev–Trinajstić information content (AvgIpc) is 2.98. The van der Waals surface area contributed by atoms with Gasteiger partial charge in [0.1, 0.15) is 11.5 Å². The minimum atomic E-state index is -0.786. The summed E-state index contributed by atoms with van der Waals surface area (Å²) in [5.74, 6) is -1.16. The van der Waals surface area contributed by atoms with Crippen molar-refractivity contribution in [1.82, 2.24) is 9.80 Å². The van der Waals surface area contributed by atoms with Gasteiger partial charge in [-0.05, 0) is 43.9 Å². The number of likely N-dealkylation sites (tertiary alicyclic amines) is 1. The number of hydrogen-bond donors (Lipinski definition) is 1. The first-order chi connectivity index (χ1) is 14.2. The first kappa shape index (κ1) is 22.2. The molecule has 8 heteroatoms. The van der Waals surface area contributed by atoms with Crippen LogP contribution in [0.5, 0.6) is 5.75 Å². The first-order valence-electron chi connectivity index (χ1n) is 9.27. The molecular weight excluding hydrogens is 427 g/mol. The molecule has 2 aromatic rings. The monoisotopic (exact) mass is 448 g/mol. The number of carbonyl (C=O) groups excluding carboxylic acids is 2. The lowest BCUT2D eigenvalue weighted by Gasteiger charge is -2.26. The molecule has 30 heavy (non-hydrogen) atoms. The van der Waals surface area contributed by atoms with Crippen molar-refractivity contribution < 1.29 is 19.4 Å². The van der Waals surface area contributed by atoms with Crippen LogP contribution in [0.1, 0.15) is 17.2 Å². The van der Waals surface area contributed by atoms with Crippen LogP contribution in [-0.4, -0.2) is 60.9 Å². The van der Waals surface area contributed by atoms with Crippen LogP contribution in [0.3, 0.4) is 0 Å². The molecule has 0 aromatic heterocycles. The molecule has 1 N–H and O–H groups in total. The molecule has 0 saturated carbocycles. The van der Waals surface area contributed by atoms with Gasteiger partial charge in [-0.2, -0.15) is 0 Å². The SMILES string of the molecule is COc1cccc(/C(O)=C2\C(=O)C(=O)N(CCN(C)C)[C@H]2c2ccc(Cl)c(Cl)c2)c1. The molecule has 1 amide bonds. The number of ketones is 1. The second kappa shape index (κ2) is 9.08. The zero-order valence-corrected chi connectivity index (χ0v) is 18.4. The standard InChI is InChI=1S/C22H22Cl2N2O4/c1-25(2)9-10-26-19(13-7-8-16(23)17(24)12-13)18(21(28)22(26)29)20(27)14-5-4-6-15(11-14)30-3/h4-8,11-12,19,27H,9-10H2,1-3H3/b20-18+/t19-/m0/s1. The number of aliphatic hydroxyl groups is 1. The maximum absolute atomic E-state index is 13.0. The summed E-state index contributed by atoms with van der Waals surface area (Å²) in [4.78, 5) is 29.2. The second-order valence-electron chi connectivity index (χ2n) is 7.20. The summed E-state index contributed by atoms with van der Waals surface area (Å²) in [6.07, 6.45) is 0. The molecule has 1 atom stereocenters. The van der Waals surface area contributed by atoms with Gasteiger partial charge in [-0.1, -0.05) is 41.4 Å². The van der Waals surface area contributed by atoms with Crippen LogP contribution in [0.4, 0.5) is 0 Å². The third-order valence-electron chi connectivity index (χ3n) is 4.93. The summed E-state index contributed by atoms with van der Waals surface area (Å²) in [5, 5.41) is 11.7. The number of Topliss-reactive ketones (excluding diaryl/α,β-unsaturated/α-hetero) is 1. The Balaban J connectivity index is 2.17. The van der Waals surface area contributed by atoms with Crippen molar-refractivity contribution in [3.63, 3.8) is 0 Å². The topological polar surface area (TPSA) is 70.1 Å². The molecule has 0 radical (unpaired) electrons. The van der Waals surface area contributed by atoms with Crippen LogP contribution in [0.2, 0.25) is 10.0 Å². The third kappa shape index (κ3) is 4.31. The predicted molar refractivity (Wildman–Crippen MR) is 117 cm³/mol. The van der Waals surface area contributed by atoms with Crippen LogP contribution >= 0.6 is 23.2 Å². The van der Waals surface area contributed by atoms with Gasteiger partial charge in [-0.25, -0.2) is 0 Å². The molecule has 1 aliphatic rings. The Kier molecular flexibility index (Phi) is 6.71. The zero-order valence-electron chi connectivity index (χ0n) is 16.9. The Labute approximate surface area is 185 Å². The lowest BCUT2D eigenvalue weighted by Crippen LogP contribution is -2.35. The van der Waals surface area contributed by atoms with Gasteiger partial charge in [0, 0.05) is 18.7 Å². The minimum absolute atomic E-state index is 0.00500. The summed E-state index contributed by atoms with van der Waals surface area (Å²) in [6.45, 7) is 0.849. The molecule has 158 valence electrons. The highest BCUT2D eigenvalue weighted by Crippen LogP contribution is 2.41. The molecule has 3 rings (SSSR count). The highest BCUT2D eigenvalue weighted by molar-refractivity contribution is 6.46. The van der Waals surface area contributed by atoms with Crippen molar-refractivity contribution >= 4 is 40.7 Å². The van der Waals surface area contributed by atoms with Crippen molar-refractivity contribution in [3.05, 3.63) is 69.2 Å². The van der Waals surface area contributed by atoms with E-state index in [4.69, 9.17) is 27.9 Å². The van der Waals surface area contributed by atoms with Crippen LogP contribution in [0, 0.1) is 0 Å². The molecule has 0 unspecified atom stereocenters. The Morgan fingerprint density at radius 1 is 1.13 bits per heavy atom. The Bertz CT molecular complexity index is 1020. The fourth-order valence-corrected chi connectivity index (χ4v) is 3.68. The first-order valence-corrected chi connectivity index (χ1v) is 10.0. The van der Waals surface area contributed by atoms with Gasteiger partial charge in [0.25, 0.3) is 11.7 Å². The number of nitrogens with zero attached hydrogens (tertiary/aromatic N) is 2. The van der Waals surface area contributed by atoms with E-state index in [1.165, 1.54) is 12.0 Å². The van der Waals surface area contributed by atoms with Crippen LogP contribution in [0.15, 0.2) is 48.0 Å². The fraction of sp³-hybridized carbons (Fsp3) is 0.273. The third-order valence-corrected chi connectivity index (χ3v) is 5.67. The largest absolute Gasteiger partial charge is 0.507 e. The summed E-state index contributed by atoms with van der Waals surface area (Å²) < 4.78 is 5.21. The lowest BCUT2D eigenvalue weighted by molar-refractivity contribution is -0.140. The number of ether oxygens (including phenoxy) is 1. The smallest absolute Gasteiger partial charge is 0.295 e. The van der Waals surface area contributed by atoms with Gasteiger partial charge in [-0.15, -0.1) is 0 Å². The van der Waals surface area contributed by atoms with E-state index in [-0.39, 0.29) is 11.3 Å². The zero-order chi connectivity index (χ0) is 22.0. The summed E-state index contributed by atoms with van der Waals surface area (Å²) in [7, 11) is 5.26. The van der Waals surface area contributed by atoms with E-state index in [0.717, 1.165) is 0 Å². The molecular formula is C22H22Cl2N2O4. The van der Waals surface area contributed by atoms with Crippen molar-refractivity contribution in [3.8, 4) is 5.75 Å². The molecule has 1 saturated heterocycles. The molecule has 0 spiro atoms. The number of aliphatic hydroxyl groups excluding tert-OH is 1. The van der Waals surface area contributed by atoms with E-state index in [1.807, 2.05) is 19.0 Å². The number of methoxy groups -OCH3 is 1. The molecule has 6 nitrogen and oxygen atoms in total. The lowest BCUT2D eigenvalue weighted by atomic mass is 9.95. The summed E-state index contributed by atoms with van der Waals surface area (Å²) in [6, 6.07) is 10.8. The van der Waals surface area contributed by atoms with Gasteiger partial charge in [-0.3, -0.25) is 9.59 Å². The molecule has 1 fully saturated rings. The number of benzene rings is 2. The Morgan fingerprint density at radius 2 is 1.87 bits per heavy atom. The van der Waals surface area contributed by atoms with Gasteiger partial charge >= 0.3 is 0 Å². The van der Waals surface area contributed by atoms with E-state index in [1.54, 1.807) is 42.5 Å². The number of amides is 1. The number of halogens is 2. The minimum Gasteiger partial charge on any atom is -0.507 e. The maximum atomic E-state index is 13.0. The van der Waals surface area contributed by atoms with Gasteiger partial charge < -0.3 is 19.6 Å². The van der Waals surface area contributed by atoms with Crippen molar-refractivity contribution in [2.24, 2.45) is 0 Å². The highest BCUT2D eigenvalue weighted by Gasteiger charge is 2.46. The number of rotatable bonds is 6. The van der Waals surface area contributed by atoms with E-state index in [9.17, 15) is 14.7 Å². The van der Waals surface area contributed by atoms with Gasteiger partial charge in [0.15, 0.2) is 0 Å². The molecule has 0 bridgehead atoms. The van der Waals surface area contributed by atoms with Crippen molar-refractivity contribution in [2.75, 3.05) is 34.3 Å². The van der Waals surface area contributed by atoms with Crippen LogP contribution < -0.4 is 4.74 Å². The molecule has 1 aliphatic heterocycles. The average molecular weight is 449 g/mol. The van der Waals surface area contributed by atoms with E-state index in [2.05, 4.69) is 0 Å². The van der Waals surface area contributed by atoms with E-state index in [0.29, 0.717) is 40.0 Å². The molecule has 0 aliphatic carbocycles. The molecule has 1 heterocycles. The number of carbonyl (C=O) groups is 2. The fourth-order valence-electron chi connectivity index (χ4n) is 3.37. The normalized spacial score (nSPS) is 18.3. The number of hydrogen-bond acceptors (Lipinski definition) is 5. The number of likely N-dealkylation sites (N-methyl/N-ethyl adjacent to an activating group) is 1.